The number of ether oxygens (including phenoxy) is 2. The van der Waals surface area contributed by atoms with Crippen molar-refractivity contribution < 1.29 is 9.47 Å². The minimum atomic E-state index is 0.721. The molecule has 0 fully saturated rings. The van der Waals surface area contributed by atoms with Crippen LogP contribution < -0.4 is 5.32 Å². The monoisotopic (exact) mass is 247 g/mol. The maximum atomic E-state index is 5.41. The Labute approximate surface area is 108 Å². The molecule has 0 saturated carbocycles. The fraction of sp³-hybridized carbons (Fsp3) is 1.00. The Balaban J connectivity index is 0. The van der Waals surface area contributed by atoms with Crippen molar-refractivity contribution in [1.29, 1.82) is 0 Å². The first kappa shape index (κ1) is 19.2. The van der Waals surface area contributed by atoms with Crippen LogP contribution in [0, 0.1) is 0 Å². The summed E-state index contributed by atoms with van der Waals surface area (Å²) in [5.74, 6) is 0. The average molecular weight is 247 g/mol. The Hall–Kier alpha value is -0.120. The third kappa shape index (κ3) is 21.7. The van der Waals surface area contributed by atoms with Crippen molar-refractivity contribution in [2.75, 3.05) is 39.5 Å². The van der Waals surface area contributed by atoms with Gasteiger partial charge in [0.25, 0.3) is 0 Å². The van der Waals surface area contributed by atoms with Crippen LogP contribution in [0.4, 0.5) is 0 Å². The van der Waals surface area contributed by atoms with E-state index in [1.165, 1.54) is 19.3 Å². The molecule has 1 N–H and O–H groups in total. The Morgan fingerprint density at radius 1 is 0.706 bits per heavy atom. The molecule has 0 saturated heterocycles. The molecule has 0 amide bonds. The van der Waals surface area contributed by atoms with E-state index in [1.807, 2.05) is 13.8 Å². The summed E-state index contributed by atoms with van der Waals surface area (Å²) >= 11 is 0. The molecule has 0 rings (SSSR count). The Morgan fingerprint density at radius 2 is 1.29 bits per heavy atom. The Morgan fingerprint density at radius 3 is 1.88 bits per heavy atom. The van der Waals surface area contributed by atoms with E-state index in [9.17, 15) is 0 Å². The largest absolute Gasteiger partial charge is 0.379 e. The van der Waals surface area contributed by atoms with Crippen LogP contribution in [0.2, 0.25) is 0 Å². The minimum Gasteiger partial charge on any atom is -0.379 e. The van der Waals surface area contributed by atoms with E-state index in [0.29, 0.717) is 0 Å². The van der Waals surface area contributed by atoms with Gasteiger partial charge in [-0.3, -0.25) is 0 Å². The molecule has 3 nitrogen and oxygen atoms in total. The fourth-order valence-corrected chi connectivity index (χ4v) is 1.14. The van der Waals surface area contributed by atoms with Gasteiger partial charge in [-0.2, -0.15) is 0 Å². The molecule has 0 atom stereocenters. The van der Waals surface area contributed by atoms with Crippen LogP contribution in [-0.4, -0.2) is 39.5 Å². The third-order valence-electron chi connectivity index (χ3n) is 2.14. The maximum Gasteiger partial charge on any atom is 0.0701 e. The highest BCUT2D eigenvalue weighted by Gasteiger charge is 1.90. The molecule has 0 heterocycles. The van der Waals surface area contributed by atoms with E-state index in [0.717, 1.165) is 45.9 Å². The molecule has 106 valence electrons. The van der Waals surface area contributed by atoms with Gasteiger partial charge in [-0.25, -0.2) is 0 Å². The molecule has 3 heteroatoms. The number of hydrogen-bond acceptors (Lipinski definition) is 3. The number of unbranched alkanes of at least 4 members (excludes halogenated alkanes) is 2. The van der Waals surface area contributed by atoms with Crippen molar-refractivity contribution in [3.8, 4) is 0 Å². The standard InChI is InChI=1S/C12H27NO2.C2H6/c1-3-5-7-13-8-10-15-12-11-14-9-6-4-2;1-2/h13H,3-12H2,1-2H3;1-2H3. The lowest BCUT2D eigenvalue weighted by Crippen LogP contribution is -2.21. The number of nitrogens with one attached hydrogen (secondary N) is 1. The fourth-order valence-electron chi connectivity index (χ4n) is 1.14. The van der Waals surface area contributed by atoms with Crippen LogP contribution in [0.3, 0.4) is 0 Å². The molecule has 0 aromatic carbocycles. The summed E-state index contributed by atoms with van der Waals surface area (Å²) in [4.78, 5) is 0. The maximum absolute atomic E-state index is 5.41. The van der Waals surface area contributed by atoms with Gasteiger partial charge in [-0.15, -0.1) is 0 Å². The average Bonchev–Trinajstić information content (AvgIpc) is 2.38. The normalized spacial score (nSPS) is 9.88. The summed E-state index contributed by atoms with van der Waals surface area (Å²) in [5.41, 5.74) is 0. The molecule has 0 radical (unpaired) electrons. The van der Waals surface area contributed by atoms with E-state index in [1.54, 1.807) is 0 Å². The van der Waals surface area contributed by atoms with Gasteiger partial charge in [0.05, 0.1) is 19.8 Å². The van der Waals surface area contributed by atoms with Gasteiger partial charge >= 0.3 is 0 Å². The predicted octanol–water partition coefficient (Wildman–Crippen LogP) is 3.24. The number of hydrogen-bond donors (Lipinski definition) is 1. The van der Waals surface area contributed by atoms with Crippen LogP contribution in [0.15, 0.2) is 0 Å². The molecular formula is C14H33NO2. The number of rotatable bonds is 12. The molecular weight excluding hydrogens is 214 g/mol. The third-order valence-corrected chi connectivity index (χ3v) is 2.14. The van der Waals surface area contributed by atoms with Crippen LogP contribution in [0.5, 0.6) is 0 Å². The molecule has 0 aliphatic rings. The Bertz CT molecular complexity index is 98.4. The first-order valence-corrected chi connectivity index (χ1v) is 7.28. The summed E-state index contributed by atoms with van der Waals surface area (Å²) in [5, 5.41) is 3.33. The van der Waals surface area contributed by atoms with E-state index >= 15 is 0 Å². The van der Waals surface area contributed by atoms with Crippen LogP contribution in [0.25, 0.3) is 0 Å². The van der Waals surface area contributed by atoms with Gasteiger partial charge in [0.1, 0.15) is 0 Å². The topological polar surface area (TPSA) is 30.5 Å². The van der Waals surface area contributed by atoms with Gasteiger partial charge in [-0.05, 0) is 19.4 Å². The smallest absolute Gasteiger partial charge is 0.0701 e. The molecule has 0 aliphatic carbocycles. The van der Waals surface area contributed by atoms with Crippen LogP contribution in [0.1, 0.15) is 53.4 Å². The van der Waals surface area contributed by atoms with E-state index in [2.05, 4.69) is 19.2 Å². The van der Waals surface area contributed by atoms with E-state index in [-0.39, 0.29) is 0 Å². The van der Waals surface area contributed by atoms with Crippen molar-refractivity contribution in [1.82, 2.24) is 5.32 Å². The zero-order chi connectivity index (χ0) is 13.2. The predicted molar refractivity (Wildman–Crippen MR) is 75.7 cm³/mol. The second-order valence-corrected chi connectivity index (χ2v) is 3.68. The summed E-state index contributed by atoms with van der Waals surface area (Å²) in [6.07, 6.45) is 4.85. The zero-order valence-corrected chi connectivity index (χ0v) is 12.4. The lowest BCUT2D eigenvalue weighted by atomic mass is 10.3. The van der Waals surface area contributed by atoms with Crippen molar-refractivity contribution >= 4 is 0 Å². The van der Waals surface area contributed by atoms with Crippen LogP contribution >= 0.6 is 0 Å². The minimum absolute atomic E-state index is 0.721. The summed E-state index contributed by atoms with van der Waals surface area (Å²) in [7, 11) is 0. The highest BCUT2D eigenvalue weighted by molar-refractivity contribution is 4.45. The van der Waals surface area contributed by atoms with Crippen molar-refractivity contribution in [2.45, 2.75) is 53.4 Å². The zero-order valence-electron chi connectivity index (χ0n) is 12.4. The highest BCUT2D eigenvalue weighted by Crippen LogP contribution is 1.87. The van der Waals surface area contributed by atoms with Gasteiger partial charge in [-0.1, -0.05) is 40.5 Å². The molecule has 0 spiro atoms. The second-order valence-electron chi connectivity index (χ2n) is 3.68. The van der Waals surface area contributed by atoms with Crippen molar-refractivity contribution in [2.24, 2.45) is 0 Å². The Kier molecular flexibility index (Phi) is 24.0. The molecule has 0 aromatic heterocycles. The molecule has 17 heavy (non-hydrogen) atoms. The quantitative estimate of drug-likeness (QED) is 0.537. The van der Waals surface area contributed by atoms with Gasteiger partial charge in [0.2, 0.25) is 0 Å². The lowest BCUT2D eigenvalue weighted by Gasteiger charge is -2.06. The molecule has 0 unspecified atom stereocenters. The van der Waals surface area contributed by atoms with E-state index < -0.39 is 0 Å². The SMILES string of the molecule is CC.CCCCNCCOCCOCCCC. The lowest BCUT2D eigenvalue weighted by molar-refractivity contribution is 0.0478. The van der Waals surface area contributed by atoms with E-state index in [4.69, 9.17) is 9.47 Å². The molecule has 0 aromatic rings. The molecule has 0 aliphatic heterocycles. The summed E-state index contributed by atoms with van der Waals surface area (Å²) in [6, 6.07) is 0. The van der Waals surface area contributed by atoms with Gasteiger partial charge in [0, 0.05) is 13.2 Å². The van der Waals surface area contributed by atoms with Crippen molar-refractivity contribution in [3.05, 3.63) is 0 Å². The van der Waals surface area contributed by atoms with Gasteiger partial charge in [0.15, 0.2) is 0 Å². The first-order chi connectivity index (χ1) is 8.41. The van der Waals surface area contributed by atoms with Crippen molar-refractivity contribution in [3.63, 3.8) is 0 Å². The molecule has 0 bridgehead atoms. The highest BCUT2D eigenvalue weighted by atomic mass is 16.5. The van der Waals surface area contributed by atoms with Gasteiger partial charge < -0.3 is 14.8 Å². The van der Waals surface area contributed by atoms with Crippen LogP contribution in [-0.2, 0) is 9.47 Å². The first-order valence-electron chi connectivity index (χ1n) is 7.28. The summed E-state index contributed by atoms with van der Waals surface area (Å²) < 4.78 is 10.8. The second kappa shape index (κ2) is 21.2. The summed E-state index contributed by atoms with van der Waals surface area (Å²) in [6.45, 7) is 13.5.